The standard InChI is InChI=1S/C23H22ClN4O4P/c1-14-8-15(2)10-18(9-14)33(31,32-3)22-19-11-16(24)4-5-20(19)27-21(22)23(29)25-12-17-6-7-28(30)13-26-17/h4-11,13,27H,12H2,1-3H3,(H,25,29). The van der Waals surface area contributed by atoms with Gasteiger partial charge in [-0.2, -0.15) is 0 Å². The number of halogens is 1. The summed E-state index contributed by atoms with van der Waals surface area (Å²) in [4.78, 5) is 20.3. The number of aryl methyl sites for hydroxylation is 2. The largest absolute Gasteiger partial charge is 0.711 e. The minimum Gasteiger partial charge on any atom is -0.711 e. The van der Waals surface area contributed by atoms with Crippen LogP contribution in [0.3, 0.4) is 0 Å². The Balaban J connectivity index is 1.84. The number of benzene rings is 2. The van der Waals surface area contributed by atoms with Crippen LogP contribution in [0.15, 0.2) is 55.0 Å². The molecule has 0 aliphatic rings. The second kappa shape index (κ2) is 8.98. The van der Waals surface area contributed by atoms with E-state index in [0.29, 0.717) is 31.7 Å². The van der Waals surface area contributed by atoms with Gasteiger partial charge in [0.2, 0.25) is 0 Å². The summed E-state index contributed by atoms with van der Waals surface area (Å²) in [6, 6.07) is 12.2. The summed E-state index contributed by atoms with van der Waals surface area (Å²) in [6.45, 7) is 3.90. The predicted octanol–water partition coefficient (Wildman–Crippen LogP) is 3.27. The van der Waals surface area contributed by atoms with E-state index in [9.17, 15) is 14.6 Å². The molecule has 33 heavy (non-hydrogen) atoms. The maximum atomic E-state index is 14.4. The van der Waals surface area contributed by atoms with Gasteiger partial charge < -0.3 is 20.0 Å². The molecule has 0 radical (unpaired) electrons. The molecule has 170 valence electrons. The van der Waals surface area contributed by atoms with E-state index < -0.39 is 13.3 Å². The van der Waals surface area contributed by atoms with Crippen LogP contribution in [-0.4, -0.2) is 23.0 Å². The van der Waals surface area contributed by atoms with Crippen LogP contribution in [0.4, 0.5) is 0 Å². The van der Waals surface area contributed by atoms with Crippen molar-refractivity contribution in [2.75, 3.05) is 7.11 Å². The molecule has 0 saturated heterocycles. The smallest absolute Gasteiger partial charge is 0.289 e. The highest BCUT2D eigenvalue weighted by Crippen LogP contribution is 2.47. The van der Waals surface area contributed by atoms with Crippen molar-refractivity contribution in [2.45, 2.75) is 20.4 Å². The van der Waals surface area contributed by atoms with Crippen molar-refractivity contribution in [2.24, 2.45) is 0 Å². The van der Waals surface area contributed by atoms with Gasteiger partial charge in [0.15, 0.2) is 5.69 Å². The van der Waals surface area contributed by atoms with E-state index in [2.05, 4.69) is 15.3 Å². The van der Waals surface area contributed by atoms with Gasteiger partial charge in [-0.25, -0.2) is 4.73 Å². The van der Waals surface area contributed by atoms with Crippen LogP contribution >= 0.6 is 19.0 Å². The van der Waals surface area contributed by atoms with Crippen LogP contribution in [0.1, 0.15) is 27.3 Å². The van der Waals surface area contributed by atoms with Crippen LogP contribution in [0, 0.1) is 19.1 Å². The van der Waals surface area contributed by atoms with Crippen molar-refractivity contribution in [1.29, 1.82) is 0 Å². The fraction of sp³-hybridized carbons (Fsp3) is 0.174. The summed E-state index contributed by atoms with van der Waals surface area (Å²) in [6.07, 6.45) is 2.40. The molecule has 0 spiro atoms. The van der Waals surface area contributed by atoms with Gasteiger partial charge in [0.1, 0.15) is 5.69 Å². The molecule has 0 bridgehead atoms. The summed E-state index contributed by atoms with van der Waals surface area (Å²) >= 11 is 6.24. The summed E-state index contributed by atoms with van der Waals surface area (Å²) in [5.74, 6) is -0.486. The van der Waals surface area contributed by atoms with Gasteiger partial charge in [0.05, 0.1) is 18.0 Å². The van der Waals surface area contributed by atoms with E-state index in [0.717, 1.165) is 17.5 Å². The number of nitrogens with zero attached hydrogens (tertiary/aromatic N) is 2. The van der Waals surface area contributed by atoms with Crippen LogP contribution in [0.5, 0.6) is 0 Å². The predicted molar refractivity (Wildman–Crippen MR) is 127 cm³/mol. The second-order valence-corrected chi connectivity index (χ2v) is 10.6. The van der Waals surface area contributed by atoms with Gasteiger partial charge in [-0.05, 0) is 44.2 Å². The Morgan fingerprint density at radius 2 is 1.94 bits per heavy atom. The first kappa shape index (κ1) is 23.0. The highest BCUT2D eigenvalue weighted by Gasteiger charge is 2.36. The molecule has 4 aromatic rings. The van der Waals surface area contributed by atoms with Crippen molar-refractivity contribution in [3.63, 3.8) is 0 Å². The zero-order valence-corrected chi connectivity index (χ0v) is 19.9. The highest BCUT2D eigenvalue weighted by atomic mass is 35.5. The molecule has 8 nitrogen and oxygen atoms in total. The lowest BCUT2D eigenvalue weighted by Crippen LogP contribution is -2.31. The van der Waals surface area contributed by atoms with Crippen LogP contribution in [0.25, 0.3) is 10.9 Å². The third kappa shape index (κ3) is 4.50. The molecule has 1 amide bonds. The summed E-state index contributed by atoms with van der Waals surface area (Å²) in [7, 11) is -2.31. The Morgan fingerprint density at radius 3 is 2.58 bits per heavy atom. The van der Waals surface area contributed by atoms with Gasteiger partial charge in [-0.3, -0.25) is 9.36 Å². The molecular formula is C23H22ClN4O4P. The first-order valence-electron chi connectivity index (χ1n) is 10.1. The zero-order chi connectivity index (χ0) is 23.8. The van der Waals surface area contributed by atoms with E-state index in [-0.39, 0.29) is 17.5 Å². The van der Waals surface area contributed by atoms with Crippen LogP contribution < -0.4 is 20.7 Å². The fourth-order valence-corrected chi connectivity index (χ4v) is 6.33. The topological polar surface area (TPSA) is 111 Å². The molecule has 2 aromatic carbocycles. The number of hydrogen-bond acceptors (Lipinski definition) is 5. The van der Waals surface area contributed by atoms with Crippen LogP contribution in [-0.2, 0) is 15.6 Å². The lowest BCUT2D eigenvalue weighted by Gasteiger charge is -2.19. The first-order chi connectivity index (χ1) is 15.7. The van der Waals surface area contributed by atoms with Crippen molar-refractivity contribution in [1.82, 2.24) is 15.3 Å². The molecule has 2 heterocycles. The number of carbonyl (C=O) groups is 1. The molecule has 1 unspecified atom stereocenters. The quantitative estimate of drug-likeness (QED) is 0.248. The number of rotatable bonds is 6. The normalized spacial score (nSPS) is 13.1. The summed E-state index contributed by atoms with van der Waals surface area (Å²) < 4.78 is 20.6. The van der Waals surface area contributed by atoms with E-state index in [1.165, 1.54) is 19.4 Å². The molecule has 0 aliphatic heterocycles. The number of fused-ring (bicyclic) bond motifs is 1. The SMILES string of the molecule is COP(=O)(c1cc(C)cc(C)c1)c1c(C(=O)NCc2cc[n+]([O-])cn2)[nH]c2ccc(Cl)cc12. The average molecular weight is 485 g/mol. The maximum absolute atomic E-state index is 14.4. The van der Waals surface area contributed by atoms with Gasteiger partial charge in [0.25, 0.3) is 19.6 Å². The van der Waals surface area contributed by atoms with Crippen LogP contribution in [0.2, 0.25) is 5.02 Å². The molecular weight excluding hydrogens is 463 g/mol. The zero-order valence-electron chi connectivity index (χ0n) is 18.3. The Hall–Kier alpha value is -3.19. The molecule has 2 aromatic heterocycles. The molecule has 0 saturated carbocycles. The number of amides is 1. The Labute approximate surface area is 195 Å². The summed E-state index contributed by atoms with van der Waals surface area (Å²) in [5, 5.41) is 15.7. The molecule has 10 heteroatoms. The number of aromatic amines is 1. The molecule has 2 N–H and O–H groups in total. The average Bonchev–Trinajstić information content (AvgIpc) is 3.16. The third-order valence-electron chi connectivity index (χ3n) is 5.24. The lowest BCUT2D eigenvalue weighted by atomic mass is 10.2. The third-order valence-corrected chi connectivity index (χ3v) is 7.98. The Bertz CT molecular complexity index is 1380. The number of H-pyrrole nitrogens is 1. The van der Waals surface area contributed by atoms with Gasteiger partial charge in [-0.15, -0.1) is 0 Å². The number of nitrogens with one attached hydrogen (secondary N) is 2. The maximum Gasteiger partial charge on any atom is 0.289 e. The van der Waals surface area contributed by atoms with Gasteiger partial charge in [0, 0.05) is 34.4 Å². The van der Waals surface area contributed by atoms with E-state index in [4.69, 9.17) is 16.1 Å². The van der Waals surface area contributed by atoms with E-state index >= 15 is 0 Å². The second-order valence-electron chi connectivity index (χ2n) is 7.71. The molecule has 1 atom stereocenters. The first-order valence-corrected chi connectivity index (χ1v) is 12.1. The van der Waals surface area contributed by atoms with Crippen molar-refractivity contribution in [3.8, 4) is 0 Å². The van der Waals surface area contributed by atoms with Crippen molar-refractivity contribution >= 4 is 46.4 Å². The van der Waals surface area contributed by atoms with E-state index in [1.54, 1.807) is 30.3 Å². The van der Waals surface area contributed by atoms with E-state index in [1.807, 2.05) is 19.9 Å². The van der Waals surface area contributed by atoms with Gasteiger partial charge >= 0.3 is 0 Å². The number of aromatic nitrogens is 3. The Morgan fingerprint density at radius 1 is 1.21 bits per heavy atom. The lowest BCUT2D eigenvalue weighted by molar-refractivity contribution is -0.608. The highest BCUT2D eigenvalue weighted by molar-refractivity contribution is 7.75. The van der Waals surface area contributed by atoms with Crippen molar-refractivity contribution in [3.05, 3.63) is 87.7 Å². The molecule has 0 fully saturated rings. The monoisotopic (exact) mass is 484 g/mol. The number of hydrogen-bond donors (Lipinski definition) is 2. The summed E-state index contributed by atoms with van der Waals surface area (Å²) in [5.41, 5.74) is 3.08. The van der Waals surface area contributed by atoms with Crippen molar-refractivity contribution < 1.29 is 18.6 Å². The molecule has 0 aliphatic carbocycles. The fourth-order valence-electron chi connectivity index (χ4n) is 3.80. The Kier molecular flexibility index (Phi) is 6.26. The molecule has 4 rings (SSSR count). The number of carbonyl (C=O) groups excluding carboxylic acids is 1. The minimum absolute atomic E-state index is 0.0794. The minimum atomic E-state index is -3.68. The van der Waals surface area contributed by atoms with Gasteiger partial charge in [-0.1, -0.05) is 33.8 Å².